The van der Waals surface area contributed by atoms with Gasteiger partial charge in [-0.2, -0.15) is 4.37 Å². The van der Waals surface area contributed by atoms with Gasteiger partial charge in [0.25, 0.3) is 0 Å². The molecule has 1 aliphatic rings. The van der Waals surface area contributed by atoms with Gasteiger partial charge >= 0.3 is 0 Å². The Bertz CT molecular complexity index is 476. The maximum Gasteiger partial charge on any atom is 0.209 e. The van der Waals surface area contributed by atoms with E-state index >= 15 is 0 Å². The standard InChI is InChI=1S/C11H9BrN2S/c12-10-13-9(15-14-10)11(6-7-11)8-4-2-1-3-5-8/h1-5H,6-7H2. The summed E-state index contributed by atoms with van der Waals surface area (Å²) in [7, 11) is 0. The summed E-state index contributed by atoms with van der Waals surface area (Å²) >= 11 is 4.82. The molecule has 0 aliphatic heterocycles. The van der Waals surface area contributed by atoms with E-state index in [0.717, 1.165) is 5.01 Å². The molecular weight excluding hydrogens is 272 g/mol. The molecule has 1 aromatic carbocycles. The molecule has 2 nitrogen and oxygen atoms in total. The molecule has 76 valence electrons. The summed E-state index contributed by atoms with van der Waals surface area (Å²) in [6.45, 7) is 0. The molecule has 0 spiro atoms. The Morgan fingerprint density at radius 3 is 2.47 bits per heavy atom. The Kier molecular flexibility index (Phi) is 2.14. The first-order valence-corrected chi connectivity index (χ1v) is 6.43. The molecular formula is C11H9BrN2S. The van der Waals surface area contributed by atoms with Crippen LogP contribution in [-0.4, -0.2) is 9.36 Å². The van der Waals surface area contributed by atoms with E-state index in [-0.39, 0.29) is 5.41 Å². The largest absolute Gasteiger partial charge is 0.213 e. The number of aromatic nitrogens is 2. The minimum absolute atomic E-state index is 0.172. The van der Waals surface area contributed by atoms with Crippen LogP contribution in [0.3, 0.4) is 0 Å². The fourth-order valence-corrected chi connectivity index (χ4v) is 3.25. The molecule has 0 unspecified atom stereocenters. The highest BCUT2D eigenvalue weighted by Crippen LogP contribution is 2.53. The van der Waals surface area contributed by atoms with Gasteiger partial charge in [-0.3, -0.25) is 0 Å². The number of rotatable bonds is 2. The second-order valence-corrected chi connectivity index (χ2v) is 5.28. The van der Waals surface area contributed by atoms with Crippen LogP contribution >= 0.6 is 27.5 Å². The summed E-state index contributed by atoms with van der Waals surface area (Å²) in [5.41, 5.74) is 1.54. The van der Waals surface area contributed by atoms with Crippen molar-refractivity contribution in [2.24, 2.45) is 0 Å². The summed E-state index contributed by atoms with van der Waals surface area (Å²) in [6, 6.07) is 10.6. The maximum absolute atomic E-state index is 4.45. The summed E-state index contributed by atoms with van der Waals surface area (Å²) in [5, 5.41) is 1.14. The highest BCUT2D eigenvalue weighted by molar-refractivity contribution is 9.10. The lowest BCUT2D eigenvalue weighted by atomic mass is 9.97. The first-order valence-electron chi connectivity index (χ1n) is 4.86. The Labute approximate surface area is 101 Å². The molecule has 1 aliphatic carbocycles. The van der Waals surface area contributed by atoms with Gasteiger partial charge in [0.05, 0.1) is 0 Å². The molecule has 0 atom stereocenters. The van der Waals surface area contributed by atoms with Gasteiger partial charge in [-0.1, -0.05) is 30.3 Å². The fraction of sp³-hybridized carbons (Fsp3) is 0.273. The van der Waals surface area contributed by atoms with E-state index in [1.54, 1.807) is 0 Å². The van der Waals surface area contributed by atoms with Crippen molar-refractivity contribution in [1.82, 2.24) is 9.36 Å². The zero-order valence-corrected chi connectivity index (χ0v) is 10.4. The molecule has 3 rings (SSSR count). The highest BCUT2D eigenvalue weighted by atomic mass is 79.9. The van der Waals surface area contributed by atoms with Crippen LogP contribution in [0.5, 0.6) is 0 Å². The molecule has 0 N–H and O–H groups in total. The van der Waals surface area contributed by atoms with Gasteiger partial charge in [-0.25, -0.2) is 4.98 Å². The molecule has 0 amide bonds. The summed E-state index contributed by atoms with van der Waals surface area (Å²) in [6.07, 6.45) is 2.39. The van der Waals surface area contributed by atoms with Crippen LogP contribution in [0.25, 0.3) is 0 Å². The normalized spacial score (nSPS) is 17.7. The summed E-state index contributed by atoms with van der Waals surface area (Å²) < 4.78 is 4.91. The van der Waals surface area contributed by atoms with E-state index in [9.17, 15) is 0 Å². The number of halogens is 1. The Morgan fingerprint density at radius 1 is 1.20 bits per heavy atom. The van der Waals surface area contributed by atoms with Crippen LogP contribution in [0.15, 0.2) is 35.1 Å². The van der Waals surface area contributed by atoms with Gasteiger partial charge in [0.2, 0.25) is 4.73 Å². The topological polar surface area (TPSA) is 25.8 Å². The highest BCUT2D eigenvalue weighted by Gasteiger charge is 2.48. The van der Waals surface area contributed by atoms with E-state index in [1.165, 1.54) is 29.9 Å². The monoisotopic (exact) mass is 280 g/mol. The van der Waals surface area contributed by atoms with Crippen molar-refractivity contribution < 1.29 is 0 Å². The first-order chi connectivity index (χ1) is 7.31. The molecule has 1 aromatic heterocycles. The van der Waals surface area contributed by atoms with Crippen molar-refractivity contribution >= 4 is 27.5 Å². The van der Waals surface area contributed by atoms with E-state index in [4.69, 9.17) is 0 Å². The van der Waals surface area contributed by atoms with E-state index in [2.05, 4.69) is 55.6 Å². The van der Waals surface area contributed by atoms with Crippen LogP contribution in [0, 0.1) is 0 Å². The summed E-state index contributed by atoms with van der Waals surface area (Å²) in [5.74, 6) is 0. The third kappa shape index (κ3) is 1.52. The minimum Gasteiger partial charge on any atom is -0.213 e. The molecule has 1 fully saturated rings. The molecule has 0 bridgehead atoms. The van der Waals surface area contributed by atoms with E-state index in [1.807, 2.05) is 0 Å². The number of nitrogens with zero attached hydrogens (tertiary/aromatic N) is 2. The lowest BCUT2D eigenvalue weighted by molar-refractivity contribution is 0.829. The maximum atomic E-state index is 4.45. The van der Waals surface area contributed by atoms with Crippen LogP contribution < -0.4 is 0 Å². The quantitative estimate of drug-likeness (QED) is 0.843. The van der Waals surface area contributed by atoms with Crippen molar-refractivity contribution in [1.29, 1.82) is 0 Å². The van der Waals surface area contributed by atoms with Gasteiger partial charge < -0.3 is 0 Å². The van der Waals surface area contributed by atoms with Crippen LogP contribution in [0.4, 0.5) is 0 Å². The first kappa shape index (κ1) is 9.48. The number of benzene rings is 1. The zero-order valence-electron chi connectivity index (χ0n) is 7.98. The van der Waals surface area contributed by atoms with E-state index < -0.39 is 0 Å². The lowest BCUT2D eigenvalue weighted by Crippen LogP contribution is -2.07. The molecule has 4 heteroatoms. The average molecular weight is 281 g/mol. The molecule has 1 saturated carbocycles. The van der Waals surface area contributed by atoms with Crippen molar-refractivity contribution in [3.63, 3.8) is 0 Å². The zero-order chi connectivity index (χ0) is 10.3. The molecule has 15 heavy (non-hydrogen) atoms. The van der Waals surface area contributed by atoms with Crippen molar-refractivity contribution in [2.75, 3.05) is 0 Å². The second kappa shape index (κ2) is 3.39. The van der Waals surface area contributed by atoms with Crippen molar-refractivity contribution in [2.45, 2.75) is 18.3 Å². The fourth-order valence-electron chi connectivity index (χ4n) is 1.91. The molecule has 0 radical (unpaired) electrons. The predicted molar refractivity (Wildman–Crippen MR) is 64.1 cm³/mol. The second-order valence-electron chi connectivity index (χ2n) is 3.82. The SMILES string of the molecule is Brc1nsc(C2(c3ccccc3)CC2)n1. The third-order valence-corrected chi connectivity index (χ3v) is 4.40. The minimum atomic E-state index is 0.172. The molecule has 1 heterocycles. The average Bonchev–Trinajstić information content (AvgIpc) is 2.98. The van der Waals surface area contributed by atoms with E-state index in [0.29, 0.717) is 4.73 Å². The van der Waals surface area contributed by atoms with Crippen molar-refractivity contribution in [3.05, 3.63) is 45.6 Å². The Balaban J connectivity index is 2.05. The Hall–Kier alpha value is -0.740. The van der Waals surface area contributed by atoms with Crippen LogP contribution in [-0.2, 0) is 5.41 Å². The molecule has 2 aromatic rings. The van der Waals surface area contributed by atoms with Crippen LogP contribution in [0.1, 0.15) is 23.4 Å². The lowest BCUT2D eigenvalue weighted by Gasteiger charge is -2.10. The number of hydrogen-bond acceptors (Lipinski definition) is 3. The number of hydrogen-bond donors (Lipinski definition) is 0. The van der Waals surface area contributed by atoms with Gasteiger partial charge in [-0.05, 0) is 45.9 Å². The van der Waals surface area contributed by atoms with Gasteiger partial charge in [0.15, 0.2) is 0 Å². The van der Waals surface area contributed by atoms with Gasteiger partial charge in [-0.15, -0.1) is 0 Å². The molecule has 0 saturated heterocycles. The Morgan fingerprint density at radius 2 is 1.93 bits per heavy atom. The smallest absolute Gasteiger partial charge is 0.209 e. The summed E-state index contributed by atoms with van der Waals surface area (Å²) in [4.78, 5) is 4.45. The van der Waals surface area contributed by atoms with Crippen molar-refractivity contribution in [3.8, 4) is 0 Å². The third-order valence-electron chi connectivity index (χ3n) is 2.89. The van der Waals surface area contributed by atoms with Gasteiger partial charge in [0.1, 0.15) is 5.01 Å². The van der Waals surface area contributed by atoms with Crippen LogP contribution in [0.2, 0.25) is 0 Å². The predicted octanol–water partition coefficient (Wildman–Crippen LogP) is 3.38. The van der Waals surface area contributed by atoms with Gasteiger partial charge in [0, 0.05) is 5.41 Å².